The first kappa shape index (κ1) is 18.2. The van der Waals surface area contributed by atoms with Crippen LogP contribution in [0.2, 0.25) is 0 Å². The van der Waals surface area contributed by atoms with Crippen molar-refractivity contribution in [2.75, 3.05) is 13.1 Å². The minimum absolute atomic E-state index is 0.00782. The predicted molar refractivity (Wildman–Crippen MR) is 100 cm³/mol. The van der Waals surface area contributed by atoms with Crippen molar-refractivity contribution in [2.45, 2.75) is 39.7 Å². The lowest BCUT2D eigenvalue weighted by Crippen LogP contribution is -2.40. The standard InChI is InChI=1S/C21H26N2O3/c1-14-13-19(20(24)22-11-9-18(10-12-22)21(25)26)16(3)23(14)15(2)17-7-5-4-6-8-17/h4-8,13,15,18H,9-12H2,1-3H3,(H,25,26). The summed E-state index contributed by atoms with van der Waals surface area (Å²) in [6, 6.07) is 12.4. The normalized spacial score (nSPS) is 16.5. The molecule has 5 nitrogen and oxygen atoms in total. The number of hydrogen-bond donors (Lipinski definition) is 1. The number of benzene rings is 1. The summed E-state index contributed by atoms with van der Waals surface area (Å²) in [7, 11) is 0. The Balaban J connectivity index is 1.82. The Kier molecular flexibility index (Phi) is 5.16. The summed E-state index contributed by atoms with van der Waals surface area (Å²) in [5.74, 6) is -1.08. The third-order valence-electron chi connectivity index (χ3n) is 5.52. The molecular weight excluding hydrogens is 328 g/mol. The zero-order valence-corrected chi connectivity index (χ0v) is 15.6. The molecule has 1 amide bonds. The van der Waals surface area contributed by atoms with Crippen LogP contribution in [0.1, 0.15) is 53.1 Å². The highest BCUT2D eigenvalue weighted by Gasteiger charge is 2.29. The molecule has 5 heteroatoms. The highest BCUT2D eigenvalue weighted by molar-refractivity contribution is 5.96. The molecule has 3 rings (SSSR count). The molecule has 1 N–H and O–H groups in total. The molecule has 2 heterocycles. The topological polar surface area (TPSA) is 62.5 Å². The number of carboxylic acids is 1. The van der Waals surface area contributed by atoms with Crippen LogP contribution in [0.15, 0.2) is 36.4 Å². The first-order valence-electron chi connectivity index (χ1n) is 9.15. The minimum atomic E-state index is -0.757. The van der Waals surface area contributed by atoms with Gasteiger partial charge in [-0.15, -0.1) is 0 Å². The smallest absolute Gasteiger partial charge is 0.306 e. The maximum atomic E-state index is 13.0. The van der Waals surface area contributed by atoms with Crippen LogP contribution in [0.4, 0.5) is 0 Å². The molecule has 1 unspecified atom stereocenters. The number of carbonyl (C=O) groups excluding carboxylic acids is 1. The number of amides is 1. The number of likely N-dealkylation sites (tertiary alicyclic amines) is 1. The number of aryl methyl sites for hydroxylation is 1. The van der Waals surface area contributed by atoms with Crippen LogP contribution in [0, 0.1) is 19.8 Å². The lowest BCUT2D eigenvalue weighted by molar-refractivity contribution is -0.143. The van der Waals surface area contributed by atoms with Crippen LogP contribution in [-0.4, -0.2) is 39.5 Å². The monoisotopic (exact) mass is 354 g/mol. The van der Waals surface area contributed by atoms with E-state index in [1.165, 1.54) is 5.56 Å². The Morgan fingerprint density at radius 3 is 2.31 bits per heavy atom. The number of carboxylic acid groups (broad SMARTS) is 1. The van der Waals surface area contributed by atoms with Crippen molar-refractivity contribution in [1.29, 1.82) is 0 Å². The van der Waals surface area contributed by atoms with E-state index in [-0.39, 0.29) is 17.9 Å². The number of aromatic nitrogens is 1. The summed E-state index contributed by atoms with van der Waals surface area (Å²) >= 11 is 0. The molecule has 1 saturated heterocycles. The van der Waals surface area contributed by atoms with E-state index in [0.717, 1.165) is 17.0 Å². The van der Waals surface area contributed by atoms with Gasteiger partial charge in [0, 0.05) is 24.5 Å². The van der Waals surface area contributed by atoms with Gasteiger partial charge >= 0.3 is 5.97 Å². The van der Waals surface area contributed by atoms with Crippen LogP contribution in [-0.2, 0) is 4.79 Å². The van der Waals surface area contributed by atoms with Gasteiger partial charge in [-0.3, -0.25) is 9.59 Å². The summed E-state index contributed by atoms with van der Waals surface area (Å²) in [6.07, 6.45) is 1.06. The Morgan fingerprint density at radius 1 is 1.12 bits per heavy atom. The molecule has 1 fully saturated rings. The molecule has 1 aliphatic heterocycles. The molecule has 1 aromatic carbocycles. The third kappa shape index (κ3) is 3.39. The lowest BCUT2D eigenvalue weighted by Gasteiger charge is -2.30. The molecule has 26 heavy (non-hydrogen) atoms. The highest BCUT2D eigenvalue weighted by atomic mass is 16.4. The lowest BCUT2D eigenvalue weighted by atomic mass is 9.96. The fraction of sp³-hybridized carbons (Fsp3) is 0.429. The molecule has 1 aliphatic rings. The molecule has 0 bridgehead atoms. The SMILES string of the molecule is Cc1cc(C(=O)N2CCC(C(=O)O)CC2)c(C)n1C(C)c1ccccc1. The molecule has 1 atom stereocenters. The number of rotatable bonds is 4. The van der Waals surface area contributed by atoms with Gasteiger partial charge in [0.15, 0.2) is 0 Å². The van der Waals surface area contributed by atoms with Crippen molar-refractivity contribution in [1.82, 2.24) is 9.47 Å². The first-order valence-corrected chi connectivity index (χ1v) is 9.15. The van der Waals surface area contributed by atoms with E-state index in [2.05, 4.69) is 23.6 Å². The van der Waals surface area contributed by atoms with Crippen LogP contribution < -0.4 is 0 Å². The number of carbonyl (C=O) groups is 2. The van der Waals surface area contributed by atoms with Crippen molar-refractivity contribution >= 4 is 11.9 Å². The number of hydrogen-bond acceptors (Lipinski definition) is 2. The maximum absolute atomic E-state index is 13.0. The van der Waals surface area contributed by atoms with E-state index in [4.69, 9.17) is 5.11 Å². The summed E-state index contributed by atoms with van der Waals surface area (Å²) in [5.41, 5.74) is 3.95. The average Bonchev–Trinajstić information content (AvgIpc) is 2.95. The molecule has 2 aromatic rings. The molecule has 138 valence electrons. The van der Waals surface area contributed by atoms with Gasteiger partial charge in [-0.1, -0.05) is 30.3 Å². The molecule has 0 radical (unpaired) electrons. The average molecular weight is 354 g/mol. The van der Waals surface area contributed by atoms with Crippen LogP contribution in [0.25, 0.3) is 0 Å². The summed E-state index contributed by atoms with van der Waals surface area (Å²) in [4.78, 5) is 25.9. The van der Waals surface area contributed by atoms with E-state index in [0.29, 0.717) is 25.9 Å². The highest BCUT2D eigenvalue weighted by Crippen LogP contribution is 2.27. The van der Waals surface area contributed by atoms with Gasteiger partial charge in [0.1, 0.15) is 0 Å². The number of nitrogens with zero attached hydrogens (tertiary/aromatic N) is 2. The quantitative estimate of drug-likeness (QED) is 0.911. The predicted octanol–water partition coefficient (Wildman–Crippen LogP) is 3.65. The second kappa shape index (κ2) is 7.36. The first-order chi connectivity index (χ1) is 12.4. The number of aliphatic carboxylic acids is 1. The summed E-state index contributed by atoms with van der Waals surface area (Å²) in [6.45, 7) is 7.17. The van der Waals surface area contributed by atoms with Gasteiger partial charge in [0.25, 0.3) is 5.91 Å². The molecule has 0 aliphatic carbocycles. The van der Waals surface area contributed by atoms with Gasteiger partial charge in [-0.25, -0.2) is 0 Å². The summed E-state index contributed by atoms with van der Waals surface area (Å²) in [5, 5.41) is 9.13. The minimum Gasteiger partial charge on any atom is -0.481 e. The van der Waals surface area contributed by atoms with Crippen molar-refractivity contribution in [3.63, 3.8) is 0 Å². The van der Waals surface area contributed by atoms with Gasteiger partial charge in [0.2, 0.25) is 0 Å². The van der Waals surface area contributed by atoms with E-state index in [9.17, 15) is 9.59 Å². The van der Waals surface area contributed by atoms with Crippen molar-refractivity contribution in [3.05, 3.63) is 58.9 Å². The molecule has 0 spiro atoms. The Bertz CT molecular complexity index is 802. The van der Waals surface area contributed by atoms with Crippen LogP contribution in [0.5, 0.6) is 0 Å². The van der Waals surface area contributed by atoms with Crippen molar-refractivity contribution < 1.29 is 14.7 Å². The number of piperidine rings is 1. The van der Waals surface area contributed by atoms with E-state index >= 15 is 0 Å². The fourth-order valence-electron chi connectivity index (χ4n) is 3.97. The molecule has 0 saturated carbocycles. The second-order valence-corrected chi connectivity index (χ2v) is 7.15. The fourth-order valence-corrected chi connectivity index (χ4v) is 3.97. The Morgan fingerprint density at radius 2 is 1.73 bits per heavy atom. The van der Waals surface area contributed by atoms with Gasteiger partial charge < -0.3 is 14.6 Å². The van der Waals surface area contributed by atoms with E-state index < -0.39 is 5.97 Å². The Labute approximate surface area is 154 Å². The zero-order valence-electron chi connectivity index (χ0n) is 15.6. The molecule has 1 aromatic heterocycles. The van der Waals surface area contributed by atoms with Gasteiger partial charge in [-0.2, -0.15) is 0 Å². The van der Waals surface area contributed by atoms with Crippen molar-refractivity contribution in [2.24, 2.45) is 5.92 Å². The Hall–Kier alpha value is -2.56. The molecular formula is C21H26N2O3. The second-order valence-electron chi connectivity index (χ2n) is 7.15. The summed E-state index contributed by atoms with van der Waals surface area (Å²) < 4.78 is 2.20. The largest absolute Gasteiger partial charge is 0.481 e. The maximum Gasteiger partial charge on any atom is 0.306 e. The van der Waals surface area contributed by atoms with Gasteiger partial charge in [0.05, 0.1) is 17.5 Å². The van der Waals surface area contributed by atoms with Crippen LogP contribution >= 0.6 is 0 Å². The van der Waals surface area contributed by atoms with E-state index in [1.807, 2.05) is 38.1 Å². The van der Waals surface area contributed by atoms with Gasteiger partial charge in [-0.05, 0) is 45.2 Å². The third-order valence-corrected chi connectivity index (χ3v) is 5.52. The zero-order chi connectivity index (χ0) is 18.8. The van der Waals surface area contributed by atoms with Crippen LogP contribution in [0.3, 0.4) is 0 Å². The van der Waals surface area contributed by atoms with E-state index in [1.54, 1.807) is 4.90 Å². The van der Waals surface area contributed by atoms with Crippen molar-refractivity contribution in [3.8, 4) is 0 Å².